The van der Waals surface area contributed by atoms with E-state index in [4.69, 9.17) is 18.5 Å². The third kappa shape index (κ3) is 36.3. The largest absolute Gasteiger partial charge is 0.472 e. The van der Waals surface area contributed by atoms with Crippen molar-refractivity contribution in [2.75, 3.05) is 19.8 Å². The number of carbonyl (C=O) groups excluding carboxylic acids is 1. The molecule has 1 saturated carbocycles. The lowest BCUT2D eigenvalue weighted by molar-refractivity contribution is -0.220. The van der Waals surface area contributed by atoms with Crippen LogP contribution in [0.15, 0.2) is 48.6 Å². The van der Waals surface area contributed by atoms with Gasteiger partial charge >= 0.3 is 13.8 Å². The number of phosphoric ester groups is 1. The average molecular weight is 985 g/mol. The van der Waals surface area contributed by atoms with E-state index in [9.17, 15) is 39.8 Å². The van der Waals surface area contributed by atoms with Crippen LogP contribution >= 0.6 is 7.82 Å². The molecule has 68 heavy (non-hydrogen) atoms. The Kier molecular flexibility index (Phi) is 42.7. The number of aliphatic hydroxyl groups excluding tert-OH is 5. The molecule has 0 aromatic rings. The first-order valence-corrected chi connectivity index (χ1v) is 29.0. The molecule has 1 aliphatic carbocycles. The molecule has 398 valence electrons. The Hall–Kier alpha value is -1.70. The molecule has 1 fully saturated rings. The molecule has 0 spiro atoms. The average Bonchev–Trinajstić information content (AvgIpc) is 3.32. The molecule has 6 N–H and O–H groups in total. The Morgan fingerprint density at radius 1 is 0.485 bits per heavy atom. The first-order chi connectivity index (χ1) is 33.0. The molecule has 0 aromatic heterocycles. The highest BCUT2D eigenvalue weighted by Crippen LogP contribution is 2.47. The van der Waals surface area contributed by atoms with E-state index in [1.807, 2.05) is 0 Å². The zero-order valence-corrected chi connectivity index (χ0v) is 43.8. The topological polar surface area (TPSA) is 192 Å². The molecule has 0 saturated heterocycles. The second-order valence-corrected chi connectivity index (χ2v) is 20.5. The minimum Gasteiger partial charge on any atom is -0.457 e. The van der Waals surface area contributed by atoms with Crippen molar-refractivity contribution in [2.45, 2.75) is 275 Å². The van der Waals surface area contributed by atoms with Gasteiger partial charge in [-0.05, 0) is 51.4 Å². The number of aliphatic hydroxyl groups is 5. The van der Waals surface area contributed by atoms with Crippen molar-refractivity contribution in [1.82, 2.24) is 0 Å². The van der Waals surface area contributed by atoms with Crippen molar-refractivity contribution >= 4 is 13.8 Å². The van der Waals surface area contributed by atoms with Gasteiger partial charge in [-0.2, -0.15) is 0 Å². The molecule has 1 aliphatic rings. The molecule has 6 unspecified atom stereocenters. The number of carbonyl (C=O) groups is 1. The van der Waals surface area contributed by atoms with Gasteiger partial charge in [0.15, 0.2) is 0 Å². The highest BCUT2D eigenvalue weighted by atomic mass is 31.2. The summed E-state index contributed by atoms with van der Waals surface area (Å²) >= 11 is 0. The Morgan fingerprint density at radius 3 is 1.32 bits per heavy atom. The van der Waals surface area contributed by atoms with Crippen LogP contribution in [0.1, 0.15) is 232 Å². The minimum atomic E-state index is -5.03. The maximum Gasteiger partial charge on any atom is 0.472 e. The minimum absolute atomic E-state index is 0.0760. The summed E-state index contributed by atoms with van der Waals surface area (Å²) in [7, 11) is -5.03. The van der Waals surface area contributed by atoms with Crippen molar-refractivity contribution in [3.05, 3.63) is 48.6 Å². The fourth-order valence-corrected chi connectivity index (χ4v) is 9.38. The van der Waals surface area contributed by atoms with Gasteiger partial charge in [0.25, 0.3) is 0 Å². The van der Waals surface area contributed by atoms with E-state index in [1.165, 1.54) is 135 Å². The lowest BCUT2D eigenvalue weighted by Crippen LogP contribution is -2.64. The number of rotatable bonds is 47. The highest BCUT2D eigenvalue weighted by Gasteiger charge is 2.51. The number of allylic oxidation sites excluding steroid dienone is 8. The molecule has 0 bridgehead atoms. The zero-order chi connectivity index (χ0) is 49.8. The molecule has 12 nitrogen and oxygen atoms in total. The standard InChI is InChI=1S/C55H101O12P/c1-3-5-7-9-11-13-15-17-19-21-23-24-25-26-27-28-30-32-34-36-38-40-42-44-49(56)66-48(47-65-68(62,63)67-55-53(60)51(58)50(57)52(59)54(55)61)46-64-45-43-41-39-37-35-33-31-29-22-20-18-16-14-12-10-8-6-4-2/h5,7,11,13,17,19,23-24,48,50-55,57-61H,3-4,6,8-10,12,14-16,18,20-22,25-47H2,1-2H3,(H,62,63)/b7-5-,13-11-,19-17-,24-23-. The van der Waals surface area contributed by atoms with Gasteiger partial charge in [0.1, 0.15) is 42.7 Å². The van der Waals surface area contributed by atoms with Crippen LogP contribution in [0.3, 0.4) is 0 Å². The smallest absolute Gasteiger partial charge is 0.457 e. The second kappa shape index (κ2) is 45.2. The van der Waals surface area contributed by atoms with Crippen molar-refractivity contribution in [2.24, 2.45) is 0 Å². The summed E-state index contributed by atoms with van der Waals surface area (Å²) in [5.74, 6) is -0.479. The number of hydrogen-bond acceptors (Lipinski definition) is 11. The van der Waals surface area contributed by atoms with Crippen LogP contribution in [0.2, 0.25) is 0 Å². The SMILES string of the molecule is CC/C=C\C/C=C\C/C=C\C/C=C\CCCCCCCCCCCCC(=O)OC(COCCCCCCCCCCCCCCCCCCCC)COP(=O)(O)OC1C(O)C(O)C(O)C(O)C1O. The summed E-state index contributed by atoms with van der Waals surface area (Å²) in [6, 6.07) is 0. The van der Waals surface area contributed by atoms with Crippen molar-refractivity contribution in [3.63, 3.8) is 0 Å². The van der Waals surface area contributed by atoms with Crippen molar-refractivity contribution in [1.29, 1.82) is 0 Å². The summed E-state index contributed by atoms with van der Waals surface area (Å²) in [6.45, 7) is 4.19. The Bertz CT molecular complexity index is 1310. The van der Waals surface area contributed by atoms with Gasteiger partial charge in [-0.15, -0.1) is 0 Å². The van der Waals surface area contributed by atoms with Gasteiger partial charge in [-0.1, -0.05) is 223 Å². The van der Waals surface area contributed by atoms with E-state index < -0.39 is 63.1 Å². The quantitative estimate of drug-likeness (QED) is 0.0147. The van der Waals surface area contributed by atoms with E-state index >= 15 is 0 Å². The number of esters is 1. The maximum atomic E-state index is 12.9. The number of ether oxygens (including phenoxy) is 2. The molecule has 13 heteroatoms. The van der Waals surface area contributed by atoms with E-state index in [2.05, 4.69) is 62.5 Å². The van der Waals surface area contributed by atoms with Crippen molar-refractivity contribution in [3.8, 4) is 0 Å². The molecular weight excluding hydrogens is 884 g/mol. The Balaban J connectivity index is 2.30. The van der Waals surface area contributed by atoms with Gasteiger partial charge in [0.05, 0.1) is 13.2 Å². The summed E-state index contributed by atoms with van der Waals surface area (Å²) < 4.78 is 34.4. The van der Waals surface area contributed by atoms with Crippen LogP contribution in [0.25, 0.3) is 0 Å². The Morgan fingerprint density at radius 2 is 0.868 bits per heavy atom. The maximum absolute atomic E-state index is 12.9. The third-order valence-corrected chi connectivity index (χ3v) is 13.7. The normalized spacial score (nSPS) is 21.5. The molecule has 0 aromatic carbocycles. The molecule has 0 amide bonds. The highest BCUT2D eigenvalue weighted by molar-refractivity contribution is 7.47. The van der Waals surface area contributed by atoms with E-state index in [-0.39, 0.29) is 13.0 Å². The second-order valence-electron chi connectivity index (χ2n) is 19.1. The van der Waals surface area contributed by atoms with Crippen LogP contribution in [0.5, 0.6) is 0 Å². The van der Waals surface area contributed by atoms with Gasteiger partial charge < -0.3 is 39.9 Å². The molecule has 1 rings (SSSR count). The summed E-state index contributed by atoms with van der Waals surface area (Å²) in [4.78, 5) is 23.3. The van der Waals surface area contributed by atoms with Crippen LogP contribution in [-0.2, 0) is 27.9 Å². The van der Waals surface area contributed by atoms with Crippen LogP contribution < -0.4 is 0 Å². The summed E-state index contributed by atoms with van der Waals surface area (Å²) in [5.41, 5.74) is 0. The number of phosphoric acid groups is 1. The summed E-state index contributed by atoms with van der Waals surface area (Å²) in [5, 5.41) is 50.4. The van der Waals surface area contributed by atoms with E-state index in [0.29, 0.717) is 13.0 Å². The lowest BCUT2D eigenvalue weighted by atomic mass is 9.85. The Labute approximate surface area is 414 Å². The zero-order valence-electron chi connectivity index (χ0n) is 42.9. The van der Waals surface area contributed by atoms with Crippen molar-refractivity contribution < 1.29 is 58.3 Å². The predicted molar refractivity (Wildman–Crippen MR) is 276 cm³/mol. The first-order valence-electron chi connectivity index (χ1n) is 27.5. The van der Waals surface area contributed by atoms with Gasteiger partial charge in [0, 0.05) is 13.0 Å². The van der Waals surface area contributed by atoms with Gasteiger partial charge in [0.2, 0.25) is 0 Å². The third-order valence-electron chi connectivity index (χ3n) is 12.7. The summed E-state index contributed by atoms with van der Waals surface area (Å²) in [6.07, 6.45) is 44.6. The lowest BCUT2D eigenvalue weighted by Gasteiger charge is -2.41. The fourth-order valence-electron chi connectivity index (χ4n) is 8.41. The fraction of sp³-hybridized carbons (Fsp3) is 0.836. The van der Waals surface area contributed by atoms with Crippen LogP contribution in [0, 0.1) is 0 Å². The van der Waals surface area contributed by atoms with Crippen LogP contribution in [-0.4, -0.2) is 98.9 Å². The molecule has 6 atom stereocenters. The van der Waals surface area contributed by atoms with E-state index in [1.54, 1.807) is 0 Å². The molecule has 0 heterocycles. The van der Waals surface area contributed by atoms with Gasteiger partial charge in [-0.3, -0.25) is 13.8 Å². The number of hydrogen-bond donors (Lipinski definition) is 6. The first kappa shape index (κ1) is 64.3. The number of unbranched alkanes of at least 4 members (excludes halogenated alkanes) is 27. The molecule has 0 radical (unpaired) electrons. The molecule has 0 aliphatic heterocycles. The van der Waals surface area contributed by atoms with Crippen LogP contribution in [0.4, 0.5) is 0 Å². The monoisotopic (exact) mass is 985 g/mol. The predicted octanol–water partition coefficient (Wildman–Crippen LogP) is 12.8. The molecular formula is C55H101O12P. The van der Waals surface area contributed by atoms with Gasteiger partial charge in [-0.25, -0.2) is 4.57 Å². The van der Waals surface area contributed by atoms with E-state index in [0.717, 1.165) is 70.6 Å².